The van der Waals surface area contributed by atoms with Crippen molar-refractivity contribution in [1.29, 1.82) is 0 Å². The largest absolute Gasteiger partial charge is 0.366 e. The summed E-state index contributed by atoms with van der Waals surface area (Å²) < 4.78 is 27.5. The van der Waals surface area contributed by atoms with Gasteiger partial charge in [-0.3, -0.25) is 4.79 Å². The average Bonchev–Trinajstić information content (AvgIpc) is 2.98. The van der Waals surface area contributed by atoms with Crippen molar-refractivity contribution in [3.05, 3.63) is 28.2 Å². The Labute approximate surface area is 144 Å². The predicted octanol–water partition coefficient (Wildman–Crippen LogP) is 0.810. The van der Waals surface area contributed by atoms with E-state index in [4.69, 9.17) is 5.73 Å². The summed E-state index contributed by atoms with van der Waals surface area (Å²) >= 11 is 3.23. The van der Waals surface area contributed by atoms with E-state index < -0.39 is 15.9 Å². The molecule has 0 unspecified atom stereocenters. The summed E-state index contributed by atoms with van der Waals surface area (Å²) in [7, 11) is -3.59. The van der Waals surface area contributed by atoms with E-state index in [0.717, 1.165) is 13.1 Å². The van der Waals surface area contributed by atoms with Gasteiger partial charge >= 0.3 is 0 Å². The van der Waals surface area contributed by atoms with Crippen molar-refractivity contribution >= 4 is 44.3 Å². The van der Waals surface area contributed by atoms with Gasteiger partial charge in [0, 0.05) is 23.1 Å². The molecule has 0 spiro atoms. The first-order valence-electron chi connectivity index (χ1n) is 6.69. The summed E-state index contributed by atoms with van der Waals surface area (Å²) in [5, 5.41) is 3.28. The molecule has 22 heavy (non-hydrogen) atoms. The number of fused-ring (bicyclic) bond motifs is 1. The number of amides is 1. The van der Waals surface area contributed by atoms with E-state index >= 15 is 0 Å². The van der Waals surface area contributed by atoms with Crippen LogP contribution in [0, 0.1) is 11.8 Å². The Hall–Kier alpha value is -0.670. The van der Waals surface area contributed by atoms with Gasteiger partial charge in [0.25, 0.3) is 0 Å². The summed E-state index contributed by atoms with van der Waals surface area (Å²) in [6, 6.07) is 4.37. The normalized spacial score (nSPS) is 24.8. The lowest BCUT2D eigenvalue weighted by Gasteiger charge is -2.18. The molecule has 0 saturated carbocycles. The maximum atomic E-state index is 12.7. The highest BCUT2D eigenvalue weighted by atomic mass is 79.9. The lowest BCUT2D eigenvalue weighted by atomic mass is 10.0. The Kier molecular flexibility index (Phi) is 5.18. The fourth-order valence-electron chi connectivity index (χ4n) is 3.01. The Morgan fingerprint density at radius 2 is 1.82 bits per heavy atom. The van der Waals surface area contributed by atoms with Crippen LogP contribution in [0.3, 0.4) is 0 Å². The van der Waals surface area contributed by atoms with Gasteiger partial charge in [-0.1, -0.05) is 15.9 Å². The first-order chi connectivity index (χ1) is 9.88. The van der Waals surface area contributed by atoms with Crippen molar-refractivity contribution in [2.24, 2.45) is 17.6 Å². The lowest BCUT2D eigenvalue weighted by Crippen LogP contribution is -2.32. The van der Waals surface area contributed by atoms with Crippen molar-refractivity contribution < 1.29 is 13.2 Å². The maximum Gasteiger partial charge on any atom is 0.248 e. The molecule has 2 aliphatic heterocycles. The molecule has 3 N–H and O–H groups in total. The van der Waals surface area contributed by atoms with Crippen LogP contribution in [0.15, 0.2) is 27.6 Å². The second kappa shape index (κ2) is 6.45. The smallest absolute Gasteiger partial charge is 0.248 e. The molecule has 2 aliphatic rings. The number of halogens is 2. The molecule has 9 heteroatoms. The topological polar surface area (TPSA) is 92.5 Å². The number of benzene rings is 1. The highest BCUT2D eigenvalue weighted by molar-refractivity contribution is 9.10. The van der Waals surface area contributed by atoms with Crippen LogP contribution in [0.25, 0.3) is 0 Å². The molecule has 2 fully saturated rings. The van der Waals surface area contributed by atoms with E-state index in [1.807, 2.05) is 0 Å². The number of primary amides is 1. The van der Waals surface area contributed by atoms with Crippen molar-refractivity contribution in [2.45, 2.75) is 4.90 Å². The van der Waals surface area contributed by atoms with E-state index in [1.54, 1.807) is 0 Å². The van der Waals surface area contributed by atoms with E-state index in [9.17, 15) is 13.2 Å². The van der Waals surface area contributed by atoms with Gasteiger partial charge in [0.15, 0.2) is 0 Å². The molecule has 2 saturated heterocycles. The molecule has 2 atom stereocenters. The number of rotatable bonds is 3. The summed E-state index contributed by atoms with van der Waals surface area (Å²) in [5.74, 6) is 0.111. The van der Waals surface area contributed by atoms with Crippen LogP contribution in [0.1, 0.15) is 10.4 Å². The van der Waals surface area contributed by atoms with Gasteiger partial charge in [-0.05, 0) is 43.1 Å². The summed E-state index contributed by atoms with van der Waals surface area (Å²) in [5.41, 5.74) is 5.43. The number of carbonyl (C=O) groups is 1. The third kappa shape index (κ3) is 3.16. The number of sulfonamides is 1. The number of hydrogen-bond acceptors (Lipinski definition) is 4. The quantitative estimate of drug-likeness (QED) is 0.771. The fraction of sp³-hybridized carbons (Fsp3) is 0.462. The summed E-state index contributed by atoms with van der Waals surface area (Å²) in [6.07, 6.45) is 0. The summed E-state index contributed by atoms with van der Waals surface area (Å²) in [6.45, 7) is 2.78. The fourth-order valence-corrected chi connectivity index (χ4v) is 5.28. The van der Waals surface area contributed by atoms with Crippen molar-refractivity contribution in [2.75, 3.05) is 26.2 Å². The molecule has 0 bridgehead atoms. The third-order valence-corrected chi connectivity index (χ3v) is 6.42. The Balaban J connectivity index is 0.00000176. The first-order valence-corrected chi connectivity index (χ1v) is 8.92. The van der Waals surface area contributed by atoms with Crippen LogP contribution in [0.2, 0.25) is 0 Å². The van der Waals surface area contributed by atoms with Gasteiger partial charge in [0.2, 0.25) is 15.9 Å². The number of nitrogens with zero attached hydrogens (tertiary/aromatic N) is 1. The zero-order valence-corrected chi connectivity index (χ0v) is 14.9. The number of hydrogen-bond donors (Lipinski definition) is 2. The minimum atomic E-state index is -3.59. The van der Waals surface area contributed by atoms with E-state index in [1.165, 1.54) is 22.5 Å². The van der Waals surface area contributed by atoms with E-state index in [-0.39, 0.29) is 22.9 Å². The second-order valence-electron chi connectivity index (χ2n) is 5.54. The molecule has 122 valence electrons. The highest BCUT2D eigenvalue weighted by Gasteiger charge is 2.41. The minimum absolute atomic E-state index is 0. The lowest BCUT2D eigenvalue weighted by molar-refractivity contribution is 0.1000. The van der Waals surface area contributed by atoms with E-state index in [2.05, 4.69) is 21.2 Å². The molecule has 0 aromatic heterocycles. The van der Waals surface area contributed by atoms with Gasteiger partial charge in [0.05, 0.1) is 4.90 Å². The first kappa shape index (κ1) is 17.7. The number of nitrogens with two attached hydrogens (primary N) is 1. The number of nitrogens with one attached hydrogen (secondary N) is 1. The average molecular weight is 411 g/mol. The second-order valence-corrected chi connectivity index (χ2v) is 8.39. The van der Waals surface area contributed by atoms with Crippen LogP contribution in [-0.2, 0) is 10.0 Å². The van der Waals surface area contributed by atoms with Gasteiger partial charge in [0.1, 0.15) is 0 Å². The monoisotopic (exact) mass is 409 g/mol. The zero-order valence-electron chi connectivity index (χ0n) is 11.7. The van der Waals surface area contributed by atoms with Gasteiger partial charge in [-0.15, -0.1) is 12.4 Å². The van der Waals surface area contributed by atoms with Crippen molar-refractivity contribution in [3.63, 3.8) is 0 Å². The standard InChI is InChI=1S/C13H16BrN3O3S.ClH/c14-11-1-8(13(15)18)2-12(3-11)21(19,20)17-6-9-4-16-5-10(9)7-17;/h1-3,9-10,16H,4-7H2,(H2,15,18);1H/t9-,10+;. The molecular formula is C13H17BrClN3O3S. The van der Waals surface area contributed by atoms with Crippen LogP contribution in [0.4, 0.5) is 0 Å². The van der Waals surface area contributed by atoms with E-state index in [0.29, 0.717) is 29.4 Å². The Bertz CT molecular complexity index is 686. The molecule has 3 rings (SSSR count). The highest BCUT2D eigenvalue weighted by Crippen LogP contribution is 2.31. The molecule has 0 aliphatic carbocycles. The van der Waals surface area contributed by atoms with Crippen LogP contribution >= 0.6 is 28.3 Å². The van der Waals surface area contributed by atoms with Crippen LogP contribution in [0.5, 0.6) is 0 Å². The van der Waals surface area contributed by atoms with Gasteiger partial charge in [-0.2, -0.15) is 4.31 Å². The Morgan fingerprint density at radius 3 is 2.36 bits per heavy atom. The van der Waals surface area contributed by atoms with Crippen molar-refractivity contribution in [1.82, 2.24) is 9.62 Å². The molecule has 2 heterocycles. The summed E-state index contributed by atoms with van der Waals surface area (Å²) in [4.78, 5) is 11.4. The molecule has 1 aromatic rings. The van der Waals surface area contributed by atoms with Crippen molar-refractivity contribution in [3.8, 4) is 0 Å². The molecule has 0 radical (unpaired) electrons. The Morgan fingerprint density at radius 1 is 1.23 bits per heavy atom. The molecule has 1 aromatic carbocycles. The number of carbonyl (C=O) groups excluding carboxylic acids is 1. The predicted molar refractivity (Wildman–Crippen MR) is 88.5 cm³/mol. The SMILES string of the molecule is Cl.NC(=O)c1cc(Br)cc(S(=O)(=O)N2C[C@H]3CNC[C@H]3C2)c1. The van der Waals surface area contributed by atoms with Crippen LogP contribution < -0.4 is 11.1 Å². The van der Waals surface area contributed by atoms with Crippen LogP contribution in [-0.4, -0.2) is 44.8 Å². The zero-order chi connectivity index (χ0) is 15.2. The van der Waals surface area contributed by atoms with Gasteiger partial charge < -0.3 is 11.1 Å². The van der Waals surface area contributed by atoms with Gasteiger partial charge in [-0.25, -0.2) is 8.42 Å². The minimum Gasteiger partial charge on any atom is -0.366 e. The maximum absolute atomic E-state index is 12.7. The molecular weight excluding hydrogens is 394 g/mol. The molecule has 1 amide bonds. The third-order valence-electron chi connectivity index (χ3n) is 4.15. The molecule has 6 nitrogen and oxygen atoms in total.